The van der Waals surface area contributed by atoms with Gasteiger partial charge in [-0.1, -0.05) is 13.0 Å². The summed E-state index contributed by atoms with van der Waals surface area (Å²) in [5.41, 5.74) is 3.38. The number of hydrogen-bond acceptors (Lipinski definition) is 2. The van der Waals surface area contributed by atoms with E-state index in [2.05, 4.69) is 30.5 Å². The van der Waals surface area contributed by atoms with Crippen molar-refractivity contribution in [1.29, 1.82) is 0 Å². The summed E-state index contributed by atoms with van der Waals surface area (Å²) in [6, 6.07) is 6.03. The molecule has 3 nitrogen and oxygen atoms in total. The molecule has 0 unspecified atom stereocenters. The molecule has 0 aliphatic heterocycles. The van der Waals surface area contributed by atoms with Crippen LogP contribution in [0, 0.1) is 18.3 Å². The van der Waals surface area contributed by atoms with Crippen LogP contribution in [0.25, 0.3) is 0 Å². The van der Waals surface area contributed by atoms with Crippen LogP contribution in [-0.4, -0.2) is 19.0 Å². The number of carbonyl (C=O) groups is 1. The summed E-state index contributed by atoms with van der Waals surface area (Å²) >= 11 is 0. The van der Waals surface area contributed by atoms with Crippen LogP contribution in [0.2, 0.25) is 0 Å². The number of rotatable bonds is 7. The van der Waals surface area contributed by atoms with E-state index >= 15 is 0 Å². The lowest BCUT2D eigenvalue weighted by atomic mass is 10.0. The molecule has 0 aromatic heterocycles. The van der Waals surface area contributed by atoms with Gasteiger partial charge in [0.25, 0.3) is 5.91 Å². The fraction of sp³-hybridized carbons (Fsp3) is 0.611. The van der Waals surface area contributed by atoms with Crippen LogP contribution < -0.4 is 10.6 Å². The second kappa shape index (κ2) is 5.70. The van der Waals surface area contributed by atoms with Gasteiger partial charge in [0, 0.05) is 18.8 Å². The Kier molecular flexibility index (Phi) is 3.92. The van der Waals surface area contributed by atoms with E-state index < -0.39 is 0 Å². The minimum Gasteiger partial charge on any atom is -0.384 e. The third-order valence-electron chi connectivity index (χ3n) is 4.92. The molecular weight excluding hydrogens is 260 g/mol. The predicted molar refractivity (Wildman–Crippen MR) is 86.7 cm³/mol. The van der Waals surface area contributed by atoms with Crippen molar-refractivity contribution in [2.24, 2.45) is 11.3 Å². The van der Waals surface area contributed by atoms with Crippen molar-refractivity contribution >= 4 is 11.6 Å². The zero-order chi connectivity index (χ0) is 14.9. The monoisotopic (exact) mass is 286 g/mol. The quantitative estimate of drug-likeness (QED) is 0.801. The molecule has 2 saturated carbocycles. The summed E-state index contributed by atoms with van der Waals surface area (Å²) in [5, 5.41) is 6.55. The van der Waals surface area contributed by atoms with Gasteiger partial charge in [-0.25, -0.2) is 0 Å². The maximum atomic E-state index is 12.5. The Hall–Kier alpha value is -1.51. The molecule has 2 aliphatic rings. The summed E-state index contributed by atoms with van der Waals surface area (Å²) in [5.74, 6) is 0.953. The molecule has 3 heteroatoms. The van der Waals surface area contributed by atoms with Crippen molar-refractivity contribution in [3.8, 4) is 0 Å². The molecular formula is C18H26N2O. The molecule has 2 fully saturated rings. The van der Waals surface area contributed by atoms with E-state index in [1.54, 1.807) is 0 Å². The largest absolute Gasteiger partial charge is 0.384 e. The fourth-order valence-corrected chi connectivity index (χ4v) is 3.20. The normalized spacial score (nSPS) is 19.1. The highest BCUT2D eigenvalue weighted by molar-refractivity contribution is 5.99. The van der Waals surface area contributed by atoms with E-state index in [1.807, 2.05) is 12.1 Å². The molecule has 0 heterocycles. The first kappa shape index (κ1) is 14.4. The van der Waals surface area contributed by atoms with Gasteiger partial charge in [0.1, 0.15) is 0 Å². The number of hydrogen-bond donors (Lipinski definition) is 2. The molecule has 21 heavy (non-hydrogen) atoms. The number of aryl methyl sites for hydroxylation is 1. The standard InChI is InChI=1S/C18H26N2O/c1-3-10-19-16-11-13(2)4-7-15(16)17(21)20-12-18(8-9-18)14-5-6-14/h4,7,11,14,19H,3,5-6,8-10,12H2,1-2H3,(H,20,21). The summed E-state index contributed by atoms with van der Waals surface area (Å²) in [4.78, 5) is 12.5. The van der Waals surface area contributed by atoms with E-state index in [4.69, 9.17) is 0 Å². The van der Waals surface area contributed by atoms with E-state index in [0.29, 0.717) is 5.41 Å². The van der Waals surface area contributed by atoms with E-state index in [1.165, 1.54) is 31.2 Å². The zero-order valence-corrected chi connectivity index (χ0v) is 13.2. The average Bonchev–Trinajstić information content (AvgIpc) is 3.35. The first-order valence-corrected chi connectivity index (χ1v) is 8.27. The first-order chi connectivity index (χ1) is 10.1. The van der Waals surface area contributed by atoms with Crippen LogP contribution in [0.3, 0.4) is 0 Å². The molecule has 0 bridgehead atoms. The second-order valence-corrected chi connectivity index (χ2v) is 6.80. The lowest BCUT2D eigenvalue weighted by Crippen LogP contribution is -2.31. The number of amides is 1. The molecule has 1 aromatic rings. The zero-order valence-electron chi connectivity index (χ0n) is 13.2. The highest BCUT2D eigenvalue weighted by Crippen LogP contribution is 2.60. The van der Waals surface area contributed by atoms with Crippen LogP contribution in [0.1, 0.15) is 54.9 Å². The van der Waals surface area contributed by atoms with Gasteiger partial charge in [0.05, 0.1) is 5.56 Å². The smallest absolute Gasteiger partial charge is 0.253 e. The summed E-state index contributed by atoms with van der Waals surface area (Å²) in [6.07, 6.45) is 6.38. The average molecular weight is 286 g/mol. The third-order valence-corrected chi connectivity index (χ3v) is 4.92. The Balaban J connectivity index is 1.65. The Morgan fingerprint density at radius 2 is 2.10 bits per heavy atom. The number of nitrogens with one attached hydrogen (secondary N) is 2. The van der Waals surface area contributed by atoms with Crippen molar-refractivity contribution in [2.45, 2.75) is 46.0 Å². The van der Waals surface area contributed by atoms with E-state index in [-0.39, 0.29) is 5.91 Å². The molecule has 2 aliphatic carbocycles. The van der Waals surface area contributed by atoms with Crippen molar-refractivity contribution in [2.75, 3.05) is 18.4 Å². The molecule has 0 saturated heterocycles. The van der Waals surface area contributed by atoms with Gasteiger partial charge in [-0.2, -0.15) is 0 Å². The van der Waals surface area contributed by atoms with Crippen LogP contribution in [0.5, 0.6) is 0 Å². The molecule has 0 spiro atoms. The molecule has 1 amide bonds. The minimum atomic E-state index is 0.0699. The van der Waals surface area contributed by atoms with E-state index in [0.717, 1.165) is 36.7 Å². The van der Waals surface area contributed by atoms with Gasteiger partial charge in [-0.05, 0) is 68.1 Å². The SMILES string of the molecule is CCCNc1cc(C)ccc1C(=O)NCC1(C2CC2)CC1. The molecule has 3 rings (SSSR count). The second-order valence-electron chi connectivity index (χ2n) is 6.80. The lowest BCUT2D eigenvalue weighted by molar-refractivity contribution is 0.0943. The van der Waals surface area contributed by atoms with Crippen LogP contribution in [-0.2, 0) is 0 Å². The summed E-state index contributed by atoms with van der Waals surface area (Å²) in [7, 11) is 0. The maximum absolute atomic E-state index is 12.5. The van der Waals surface area contributed by atoms with Gasteiger partial charge in [0.15, 0.2) is 0 Å². The molecule has 1 aromatic carbocycles. The topological polar surface area (TPSA) is 41.1 Å². The van der Waals surface area contributed by atoms with E-state index in [9.17, 15) is 4.79 Å². The lowest BCUT2D eigenvalue weighted by Gasteiger charge is -2.17. The first-order valence-electron chi connectivity index (χ1n) is 8.27. The van der Waals surface area contributed by atoms with Gasteiger partial charge in [-0.15, -0.1) is 0 Å². The maximum Gasteiger partial charge on any atom is 0.253 e. The minimum absolute atomic E-state index is 0.0699. The van der Waals surface area contributed by atoms with Crippen molar-refractivity contribution in [3.05, 3.63) is 29.3 Å². The predicted octanol–water partition coefficient (Wildman–Crippen LogP) is 3.74. The van der Waals surface area contributed by atoms with Crippen molar-refractivity contribution in [3.63, 3.8) is 0 Å². The highest BCUT2D eigenvalue weighted by Gasteiger charge is 2.53. The number of benzene rings is 1. The Morgan fingerprint density at radius 3 is 2.71 bits per heavy atom. The summed E-state index contributed by atoms with van der Waals surface area (Å²) < 4.78 is 0. The van der Waals surface area contributed by atoms with Gasteiger partial charge in [0.2, 0.25) is 0 Å². The molecule has 0 atom stereocenters. The van der Waals surface area contributed by atoms with Gasteiger partial charge < -0.3 is 10.6 Å². The van der Waals surface area contributed by atoms with Crippen molar-refractivity contribution in [1.82, 2.24) is 5.32 Å². The Morgan fingerprint density at radius 1 is 1.33 bits per heavy atom. The van der Waals surface area contributed by atoms with Crippen LogP contribution in [0.15, 0.2) is 18.2 Å². The Labute approximate surface area is 127 Å². The van der Waals surface area contributed by atoms with Gasteiger partial charge >= 0.3 is 0 Å². The summed E-state index contributed by atoms with van der Waals surface area (Å²) in [6.45, 7) is 5.95. The molecule has 0 radical (unpaired) electrons. The number of carbonyl (C=O) groups excluding carboxylic acids is 1. The Bertz CT molecular complexity index is 530. The van der Waals surface area contributed by atoms with Crippen molar-refractivity contribution < 1.29 is 4.79 Å². The van der Waals surface area contributed by atoms with Crippen LogP contribution in [0.4, 0.5) is 5.69 Å². The number of anilines is 1. The molecule has 2 N–H and O–H groups in total. The molecule has 114 valence electrons. The highest BCUT2D eigenvalue weighted by atomic mass is 16.1. The fourth-order valence-electron chi connectivity index (χ4n) is 3.20. The van der Waals surface area contributed by atoms with Crippen LogP contribution >= 0.6 is 0 Å². The van der Waals surface area contributed by atoms with Gasteiger partial charge in [-0.3, -0.25) is 4.79 Å². The third kappa shape index (κ3) is 3.22.